The maximum absolute atomic E-state index is 12.6. The Balaban J connectivity index is 2.34. The SMILES string of the molecule is CN(C)C(=O)C1CNCCN1S(=O)(=O)c1cnn(C)c1. The van der Waals surface area contributed by atoms with Crippen LogP contribution in [0.2, 0.25) is 0 Å². The highest BCUT2D eigenvalue weighted by Gasteiger charge is 2.38. The van der Waals surface area contributed by atoms with Gasteiger partial charge in [0.1, 0.15) is 10.9 Å². The van der Waals surface area contributed by atoms with Crippen LogP contribution >= 0.6 is 0 Å². The molecule has 1 aliphatic rings. The molecule has 1 saturated heterocycles. The van der Waals surface area contributed by atoms with E-state index in [2.05, 4.69) is 10.4 Å². The molecule has 1 aromatic heterocycles. The van der Waals surface area contributed by atoms with E-state index in [1.807, 2.05) is 0 Å². The predicted molar refractivity (Wildman–Crippen MR) is 72.5 cm³/mol. The molecule has 1 fully saturated rings. The van der Waals surface area contributed by atoms with Gasteiger partial charge in [-0.25, -0.2) is 8.42 Å². The first kappa shape index (κ1) is 14.9. The molecule has 1 aliphatic heterocycles. The van der Waals surface area contributed by atoms with Crippen LogP contribution in [-0.4, -0.2) is 73.1 Å². The minimum Gasteiger partial charge on any atom is -0.347 e. The summed E-state index contributed by atoms with van der Waals surface area (Å²) in [6.45, 7) is 1.11. The van der Waals surface area contributed by atoms with Crippen LogP contribution in [-0.2, 0) is 21.9 Å². The van der Waals surface area contributed by atoms with Crippen LogP contribution in [0.1, 0.15) is 0 Å². The molecule has 1 amide bonds. The number of sulfonamides is 1. The predicted octanol–water partition coefficient (Wildman–Crippen LogP) is -1.53. The molecule has 1 unspecified atom stereocenters. The normalized spacial score (nSPS) is 20.9. The van der Waals surface area contributed by atoms with Crippen molar-refractivity contribution in [1.82, 2.24) is 24.3 Å². The number of rotatable bonds is 3. The van der Waals surface area contributed by atoms with Gasteiger partial charge in [0.15, 0.2) is 0 Å². The van der Waals surface area contributed by atoms with Gasteiger partial charge in [-0.3, -0.25) is 9.48 Å². The Labute approximate surface area is 118 Å². The highest BCUT2D eigenvalue weighted by molar-refractivity contribution is 7.89. The van der Waals surface area contributed by atoms with Crippen molar-refractivity contribution in [1.29, 1.82) is 0 Å². The third-order valence-electron chi connectivity index (χ3n) is 3.21. The summed E-state index contributed by atoms with van der Waals surface area (Å²) >= 11 is 0. The lowest BCUT2D eigenvalue weighted by Crippen LogP contribution is -2.59. The highest BCUT2D eigenvalue weighted by atomic mass is 32.2. The second kappa shape index (κ2) is 5.51. The summed E-state index contributed by atoms with van der Waals surface area (Å²) < 4.78 is 27.9. The molecule has 0 bridgehead atoms. The summed E-state index contributed by atoms with van der Waals surface area (Å²) in [7, 11) is 1.18. The molecule has 0 aliphatic carbocycles. The number of nitrogens with zero attached hydrogens (tertiary/aromatic N) is 4. The number of hydrogen-bond acceptors (Lipinski definition) is 5. The van der Waals surface area contributed by atoms with Crippen molar-refractivity contribution in [3.05, 3.63) is 12.4 Å². The van der Waals surface area contributed by atoms with Gasteiger partial charge in [-0.2, -0.15) is 9.40 Å². The van der Waals surface area contributed by atoms with Gasteiger partial charge in [0.25, 0.3) is 0 Å². The average Bonchev–Trinajstić information content (AvgIpc) is 2.85. The van der Waals surface area contributed by atoms with Gasteiger partial charge in [-0.05, 0) is 0 Å². The van der Waals surface area contributed by atoms with Crippen LogP contribution in [0.3, 0.4) is 0 Å². The molecule has 2 heterocycles. The number of carbonyl (C=O) groups excluding carboxylic acids is 1. The Morgan fingerprint density at radius 1 is 1.50 bits per heavy atom. The number of aryl methyl sites for hydroxylation is 1. The van der Waals surface area contributed by atoms with E-state index < -0.39 is 16.1 Å². The third-order valence-corrected chi connectivity index (χ3v) is 5.07. The van der Waals surface area contributed by atoms with Crippen molar-refractivity contribution in [3.8, 4) is 0 Å². The summed E-state index contributed by atoms with van der Waals surface area (Å²) in [4.78, 5) is 13.7. The molecule has 0 spiro atoms. The molecule has 112 valence electrons. The van der Waals surface area contributed by atoms with E-state index in [4.69, 9.17) is 0 Å². The van der Waals surface area contributed by atoms with Gasteiger partial charge >= 0.3 is 0 Å². The van der Waals surface area contributed by atoms with Crippen molar-refractivity contribution in [2.45, 2.75) is 10.9 Å². The molecule has 9 heteroatoms. The van der Waals surface area contributed by atoms with Gasteiger partial charge < -0.3 is 10.2 Å². The van der Waals surface area contributed by atoms with E-state index in [1.54, 1.807) is 21.1 Å². The molecule has 1 N–H and O–H groups in total. The molecular formula is C11H19N5O3S. The topological polar surface area (TPSA) is 87.5 Å². The Kier molecular flexibility index (Phi) is 4.11. The molecule has 20 heavy (non-hydrogen) atoms. The van der Waals surface area contributed by atoms with Crippen LogP contribution in [0.5, 0.6) is 0 Å². The van der Waals surface area contributed by atoms with E-state index in [0.717, 1.165) is 0 Å². The van der Waals surface area contributed by atoms with Gasteiger partial charge in [-0.15, -0.1) is 0 Å². The summed E-state index contributed by atoms with van der Waals surface area (Å²) in [5.74, 6) is -0.232. The first-order chi connectivity index (χ1) is 9.34. The van der Waals surface area contributed by atoms with Gasteiger partial charge in [-0.1, -0.05) is 0 Å². The number of carbonyl (C=O) groups is 1. The fourth-order valence-corrected chi connectivity index (χ4v) is 3.72. The summed E-state index contributed by atoms with van der Waals surface area (Å²) in [6, 6.07) is -0.719. The minimum atomic E-state index is -3.71. The number of likely N-dealkylation sites (N-methyl/N-ethyl adjacent to an activating group) is 1. The number of hydrogen-bond donors (Lipinski definition) is 1. The number of amides is 1. The molecular weight excluding hydrogens is 282 g/mol. The minimum absolute atomic E-state index is 0.110. The largest absolute Gasteiger partial charge is 0.347 e. The summed E-state index contributed by atoms with van der Waals surface area (Å²) in [6.07, 6.45) is 2.74. The van der Waals surface area contributed by atoms with Crippen molar-refractivity contribution < 1.29 is 13.2 Å². The maximum atomic E-state index is 12.6. The fourth-order valence-electron chi connectivity index (χ4n) is 2.15. The highest BCUT2D eigenvalue weighted by Crippen LogP contribution is 2.19. The second-order valence-electron chi connectivity index (χ2n) is 4.92. The number of nitrogens with one attached hydrogen (secondary N) is 1. The van der Waals surface area contributed by atoms with Crippen LogP contribution in [0.25, 0.3) is 0 Å². The monoisotopic (exact) mass is 301 g/mol. The van der Waals surface area contributed by atoms with Crippen molar-refractivity contribution in [3.63, 3.8) is 0 Å². The van der Waals surface area contributed by atoms with E-state index >= 15 is 0 Å². The lowest BCUT2D eigenvalue weighted by atomic mass is 10.2. The lowest BCUT2D eigenvalue weighted by Gasteiger charge is -2.35. The molecule has 0 saturated carbocycles. The Hall–Kier alpha value is -1.45. The standard InChI is InChI=1S/C11H19N5O3S/c1-14(2)11(17)10-7-12-4-5-16(10)20(18,19)9-6-13-15(3)8-9/h6,8,10,12H,4-5,7H2,1-3H3. The Morgan fingerprint density at radius 2 is 2.20 bits per heavy atom. The average molecular weight is 301 g/mol. The zero-order valence-corrected chi connectivity index (χ0v) is 12.6. The molecule has 1 atom stereocenters. The van der Waals surface area contributed by atoms with Crippen LogP contribution in [0.4, 0.5) is 0 Å². The molecule has 0 aromatic carbocycles. The van der Waals surface area contributed by atoms with Crippen LogP contribution in [0, 0.1) is 0 Å². The zero-order valence-electron chi connectivity index (χ0n) is 11.8. The fraction of sp³-hybridized carbons (Fsp3) is 0.636. The smallest absolute Gasteiger partial charge is 0.247 e. The maximum Gasteiger partial charge on any atom is 0.247 e. The Bertz CT molecular complexity index is 595. The van der Waals surface area contributed by atoms with Crippen molar-refractivity contribution >= 4 is 15.9 Å². The lowest BCUT2D eigenvalue weighted by molar-refractivity contribution is -0.133. The van der Waals surface area contributed by atoms with E-state index in [0.29, 0.717) is 13.1 Å². The Morgan fingerprint density at radius 3 is 2.75 bits per heavy atom. The second-order valence-corrected chi connectivity index (χ2v) is 6.81. The molecule has 2 rings (SSSR count). The van der Waals surface area contributed by atoms with Crippen molar-refractivity contribution in [2.75, 3.05) is 33.7 Å². The first-order valence-corrected chi connectivity index (χ1v) is 7.70. The molecule has 0 radical (unpaired) electrons. The van der Waals surface area contributed by atoms with E-state index in [-0.39, 0.29) is 17.3 Å². The van der Waals surface area contributed by atoms with Crippen LogP contribution < -0.4 is 5.32 Å². The van der Waals surface area contributed by atoms with Gasteiger partial charge in [0.2, 0.25) is 15.9 Å². The third kappa shape index (κ3) is 2.69. The first-order valence-electron chi connectivity index (χ1n) is 6.26. The van der Waals surface area contributed by atoms with Gasteiger partial charge in [0.05, 0.1) is 6.20 Å². The molecule has 8 nitrogen and oxygen atoms in total. The van der Waals surface area contributed by atoms with E-state index in [9.17, 15) is 13.2 Å². The van der Waals surface area contributed by atoms with Crippen molar-refractivity contribution in [2.24, 2.45) is 7.05 Å². The number of aromatic nitrogens is 2. The molecule has 1 aromatic rings. The summed E-state index contributed by atoms with van der Waals surface area (Å²) in [5.41, 5.74) is 0. The van der Waals surface area contributed by atoms with E-state index in [1.165, 1.54) is 26.3 Å². The quantitative estimate of drug-likeness (QED) is 0.732. The zero-order chi connectivity index (χ0) is 14.9. The van der Waals surface area contributed by atoms with Gasteiger partial charge in [0, 0.05) is 47.0 Å². The number of piperazine rings is 1. The summed E-state index contributed by atoms with van der Waals surface area (Å²) in [5, 5.41) is 6.94. The van der Waals surface area contributed by atoms with Crippen LogP contribution in [0.15, 0.2) is 17.3 Å².